The van der Waals surface area contributed by atoms with E-state index in [1.807, 2.05) is 31.2 Å². The maximum Gasteiger partial charge on any atom is 0.322 e. The third-order valence-electron chi connectivity index (χ3n) is 3.33. The second-order valence-corrected chi connectivity index (χ2v) is 5.04. The maximum atomic E-state index is 12.3. The molecule has 6 heteroatoms. The number of aryl methyl sites for hydroxylation is 1. The van der Waals surface area contributed by atoms with Gasteiger partial charge < -0.3 is 21.3 Å². The van der Waals surface area contributed by atoms with Gasteiger partial charge in [0.2, 0.25) is 5.91 Å². The van der Waals surface area contributed by atoms with Crippen LogP contribution in [0.2, 0.25) is 0 Å². The van der Waals surface area contributed by atoms with Crippen molar-refractivity contribution in [1.82, 2.24) is 10.2 Å². The average molecular weight is 276 g/mol. The normalized spacial score (nSPS) is 17.8. The molecule has 0 bridgehead atoms. The first-order chi connectivity index (χ1) is 9.56. The van der Waals surface area contributed by atoms with Gasteiger partial charge in [-0.1, -0.05) is 12.1 Å². The van der Waals surface area contributed by atoms with Crippen LogP contribution in [0.4, 0.5) is 10.5 Å². The number of benzene rings is 1. The van der Waals surface area contributed by atoms with E-state index in [0.29, 0.717) is 6.54 Å². The second kappa shape index (κ2) is 6.38. The predicted molar refractivity (Wildman–Crippen MR) is 77.4 cm³/mol. The number of hydrogen-bond donors (Lipinski definition) is 3. The Morgan fingerprint density at radius 1 is 1.50 bits per heavy atom. The first kappa shape index (κ1) is 14.3. The van der Waals surface area contributed by atoms with Crippen LogP contribution in [-0.2, 0) is 4.79 Å². The van der Waals surface area contributed by atoms with Crippen LogP contribution in [-0.4, -0.2) is 42.5 Å². The molecule has 1 heterocycles. The number of amides is 3. The molecule has 2 rings (SSSR count). The summed E-state index contributed by atoms with van der Waals surface area (Å²) in [5.41, 5.74) is 7.02. The topological polar surface area (TPSA) is 87.5 Å². The van der Waals surface area contributed by atoms with E-state index in [2.05, 4.69) is 10.6 Å². The zero-order chi connectivity index (χ0) is 14.5. The third-order valence-corrected chi connectivity index (χ3v) is 3.33. The van der Waals surface area contributed by atoms with Crippen molar-refractivity contribution in [3.8, 4) is 0 Å². The van der Waals surface area contributed by atoms with E-state index in [4.69, 9.17) is 5.73 Å². The molecule has 1 aromatic rings. The quantitative estimate of drug-likeness (QED) is 0.755. The van der Waals surface area contributed by atoms with E-state index in [1.54, 1.807) is 0 Å². The predicted octanol–water partition coefficient (Wildman–Crippen LogP) is 0.676. The number of carbonyl (C=O) groups is 2. The molecule has 0 radical (unpaired) electrons. The van der Waals surface area contributed by atoms with E-state index in [-0.39, 0.29) is 18.6 Å². The highest BCUT2D eigenvalue weighted by atomic mass is 16.2. The van der Waals surface area contributed by atoms with Gasteiger partial charge in [-0.15, -0.1) is 0 Å². The van der Waals surface area contributed by atoms with Gasteiger partial charge in [-0.05, 0) is 37.6 Å². The van der Waals surface area contributed by atoms with Crippen LogP contribution in [0.3, 0.4) is 0 Å². The molecule has 0 aliphatic carbocycles. The van der Waals surface area contributed by atoms with Crippen LogP contribution in [0.15, 0.2) is 24.3 Å². The van der Waals surface area contributed by atoms with E-state index in [0.717, 1.165) is 24.2 Å². The molecule has 1 atom stereocenters. The molecule has 1 aromatic carbocycles. The fraction of sp³-hybridized carbons (Fsp3) is 0.429. The average Bonchev–Trinajstić information content (AvgIpc) is 2.89. The second-order valence-electron chi connectivity index (χ2n) is 5.04. The Balaban J connectivity index is 2.07. The third kappa shape index (κ3) is 3.71. The van der Waals surface area contributed by atoms with Crippen molar-refractivity contribution in [3.63, 3.8) is 0 Å². The number of primary amides is 1. The SMILES string of the molecule is Cc1cccc(NC(=O)N(CC(N)=O)C2CCNC2)c1. The van der Waals surface area contributed by atoms with E-state index in [9.17, 15) is 9.59 Å². The molecule has 1 aliphatic heterocycles. The van der Waals surface area contributed by atoms with Crippen LogP contribution in [0.5, 0.6) is 0 Å². The van der Waals surface area contributed by atoms with Gasteiger partial charge in [0.15, 0.2) is 0 Å². The number of nitrogens with one attached hydrogen (secondary N) is 2. The van der Waals surface area contributed by atoms with Gasteiger partial charge in [-0.25, -0.2) is 4.79 Å². The lowest BCUT2D eigenvalue weighted by Gasteiger charge is -2.27. The summed E-state index contributed by atoms with van der Waals surface area (Å²) >= 11 is 0. The number of carbonyl (C=O) groups excluding carboxylic acids is 2. The van der Waals surface area contributed by atoms with E-state index in [1.165, 1.54) is 4.90 Å². The Bertz CT molecular complexity index is 498. The molecule has 1 saturated heterocycles. The van der Waals surface area contributed by atoms with Crippen molar-refractivity contribution in [3.05, 3.63) is 29.8 Å². The Labute approximate surface area is 118 Å². The summed E-state index contributed by atoms with van der Waals surface area (Å²) in [6.07, 6.45) is 0.828. The molecule has 6 nitrogen and oxygen atoms in total. The molecule has 20 heavy (non-hydrogen) atoms. The van der Waals surface area contributed by atoms with Gasteiger partial charge in [-0.2, -0.15) is 0 Å². The fourth-order valence-electron chi connectivity index (χ4n) is 2.36. The van der Waals surface area contributed by atoms with Gasteiger partial charge in [0.1, 0.15) is 6.54 Å². The minimum atomic E-state index is -0.503. The number of nitrogens with zero attached hydrogens (tertiary/aromatic N) is 1. The van der Waals surface area contributed by atoms with Crippen molar-refractivity contribution in [2.45, 2.75) is 19.4 Å². The number of rotatable bonds is 4. The van der Waals surface area contributed by atoms with Crippen LogP contribution < -0.4 is 16.4 Å². The monoisotopic (exact) mass is 276 g/mol. The fourth-order valence-corrected chi connectivity index (χ4v) is 2.36. The van der Waals surface area contributed by atoms with Crippen LogP contribution >= 0.6 is 0 Å². The molecule has 4 N–H and O–H groups in total. The Kier molecular flexibility index (Phi) is 4.57. The van der Waals surface area contributed by atoms with Crippen LogP contribution in [0.1, 0.15) is 12.0 Å². The van der Waals surface area contributed by atoms with E-state index >= 15 is 0 Å². The zero-order valence-corrected chi connectivity index (χ0v) is 11.6. The van der Waals surface area contributed by atoms with Crippen molar-refractivity contribution in [2.24, 2.45) is 5.73 Å². The Hall–Kier alpha value is -2.08. The molecule has 1 unspecified atom stereocenters. The Morgan fingerprint density at radius 2 is 2.30 bits per heavy atom. The van der Waals surface area contributed by atoms with Gasteiger partial charge >= 0.3 is 6.03 Å². The highest BCUT2D eigenvalue weighted by Crippen LogP contribution is 2.13. The van der Waals surface area contributed by atoms with Crippen LogP contribution in [0.25, 0.3) is 0 Å². The van der Waals surface area contributed by atoms with Gasteiger partial charge in [0.05, 0.1) is 0 Å². The number of urea groups is 1. The summed E-state index contributed by atoms with van der Waals surface area (Å²) in [7, 11) is 0. The summed E-state index contributed by atoms with van der Waals surface area (Å²) in [4.78, 5) is 25.0. The van der Waals surface area contributed by atoms with Gasteiger partial charge in [-0.3, -0.25) is 4.79 Å². The molecule has 0 aromatic heterocycles. The summed E-state index contributed by atoms with van der Waals surface area (Å²) in [6, 6.07) is 7.25. The molecule has 1 aliphatic rings. The molecule has 0 saturated carbocycles. The lowest BCUT2D eigenvalue weighted by atomic mass is 10.2. The first-order valence-electron chi connectivity index (χ1n) is 6.69. The molecular formula is C14H20N4O2. The molecular weight excluding hydrogens is 256 g/mol. The Morgan fingerprint density at radius 3 is 2.90 bits per heavy atom. The number of anilines is 1. The van der Waals surface area contributed by atoms with Gasteiger partial charge in [0, 0.05) is 18.3 Å². The summed E-state index contributed by atoms with van der Waals surface area (Å²) in [5.74, 6) is -0.503. The highest BCUT2D eigenvalue weighted by Gasteiger charge is 2.27. The van der Waals surface area contributed by atoms with Crippen molar-refractivity contribution in [2.75, 3.05) is 25.0 Å². The zero-order valence-electron chi connectivity index (χ0n) is 11.6. The summed E-state index contributed by atoms with van der Waals surface area (Å²) in [5, 5.41) is 6.00. The lowest BCUT2D eigenvalue weighted by Crippen LogP contribution is -2.48. The largest absolute Gasteiger partial charge is 0.368 e. The minimum Gasteiger partial charge on any atom is -0.368 e. The molecule has 108 valence electrons. The van der Waals surface area contributed by atoms with Crippen molar-refractivity contribution < 1.29 is 9.59 Å². The summed E-state index contributed by atoms with van der Waals surface area (Å²) in [6.45, 7) is 3.42. The summed E-state index contributed by atoms with van der Waals surface area (Å²) < 4.78 is 0. The first-order valence-corrected chi connectivity index (χ1v) is 6.69. The molecule has 3 amide bonds. The smallest absolute Gasteiger partial charge is 0.322 e. The number of hydrogen-bond acceptors (Lipinski definition) is 3. The standard InChI is InChI=1S/C14H20N4O2/c1-10-3-2-4-11(7-10)17-14(20)18(9-13(15)19)12-5-6-16-8-12/h2-4,7,12,16H,5-6,8-9H2,1H3,(H2,15,19)(H,17,20). The maximum absolute atomic E-state index is 12.3. The molecule has 1 fully saturated rings. The molecule has 0 spiro atoms. The minimum absolute atomic E-state index is 0.00677. The van der Waals surface area contributed by atoms with Crippen molar-refractivity contribution >= 4 is 17.6 Å². The van der Waals surface area contributed by atoms with Gasteiger partial charge in [0.25, 0.3) is 0 Å². The highest BCUT2D eigenvalue weighted by molar-refractivity contribution is 5.92. The van der Waals surface area contributed by atoms with Crippen LogP contribution in [0, 0.1) is 6.92 Å². The number of nitrogens with two attached hydrogens (primary N) is 1. The van der Waals surface area contributed by atoms with E-state index < -0.39 is 5.91 Å². The van der Waals surface area contributed by atoms with Crippen molar-refractivity contribution in [1.29, 1.82) is 0 Å². The lowest BCUT2D eigenvalue weighted by molar-refractivity contribution is -0.118.